The fourth-order valence-electron chi connectivity index (χ4n) is 1.68. The Morgan fingerprint density at radius 2 is 1.65 bits per heavy atom. The molecule has 0 rings (SSSR count). The molecule has 0 aliphatic carbocycles. The predicted octanol–water partition coefficient (Wildman–Crippen LogP) is -1.06. The number of hydrogen-bond acceptors (Lipinski definition) is 6. The van der Waals surface area contributed by atoms with E-state index in [9.17, 15) is 30.7 Å². The standard InChI is InChI=1S/C8H16F2O8S2/c9-4-7(20(16,17)18)8(12,2-1-3-11)6(10)5-19(13,14)15/h6-7,11-12H,1-5H2,(H,13,14,15)(H,16,17,18). The summed E-state index contributed by atoms with van der Waals surface area (Å²) in [6.07, 6.45) is -4.10. The molecule has 0 saturated heterocycles. The summed E-state index contributed by atoms with van der Waals surface area (Å²) < 4.78 is 86.9. The number of aliphatic hydroxyl groups is 2. The lowest BCUT2D eigenvalue weighted by Crippen LogP contribution is -2.56. The first-order chi connectivity index (χ1) is 8.88. The molecule has 0 saturated carbocycles. The zero-order valence-corrected chi connectivity index (χ0v) is 11.8. The molecular formula is C8H16F2O8S2. The van der Waals surface area contributed by atoms with Gasteiger partial charge in [0.2, 0.25) is 0 Å². The van der Waals surface area contributed by atoms with Crippen LogP contribution in [0.4, 0.5) is 8.78 Å². The molecule has 8 nitrogen and oxygen atoms in total. The van der Waals surface area contributed by atoms with Crippen LogP contribution in [-0.2, 0) is 20.2 Å². The smallest absolute Gasteiger partial charge is 0.273 e. The minimum Gasteiger partial charge on any atom is -0.396 e. The minimum absolute atomic E-state index is 0.381. The zero-order chi connectivity index (χ0) is 16.2. The molecule has 122 valence electrons. The van der Waals surface area contributed by atoms with E-state index in [-0.39, 0.29) is 6.42 Å². The van der Waals surface area contributed by atoms with E-state index >= 15 is 0 Å². The average Bonchev–Trinajstić information content (AvgIpc) is 2.22. The van der Waals surface area contributed by atoms with Crippen LogP contribution in [0.5, 0.6) is 0 Å². The topological polar surface area (TPSA) is 149 Å². The molecule has 0 aromatic carbocycles. The summed E-state index contributed by atoms with van der Waals surface area (Å²) in [6, 6.07) is 0. The molecule has 0 fully saturated rings. The van der Waals surface area contributed by atoms with Gasteiger partial charge in [-0.25, -0.2) is 8.78 Å². The van der Waals surface area contributed by atoms with Crippen molar-refractivity contribution in [1.29, 1.82) is 0 Å². The third-order valence-corrected chi connectivity index (χ3v) is 4.66. The van der Waals surface area contributed by atoms with Crippen molar-refractivity contribution in [2.24, 2.45) is 0 Å². The molecular weight excluding hydrogens is 326 g/mol. The lowest BCUT2D eigenvalue weighted by molar-refractivity contribution is -0.0461. The maximum Gasteiger partial charge on any atom is 0.273 e. The van der Waals surface area contributed by atoms with Crippen molar-refractivity contribution < 1.29 is 44.9 Å². The lowest BCUT2D eigenvalue weighted by atomic mass is 9.89. The van der Waals surface area contributed by atoms with Gasteiger partial charge in [-0.2, -0.15) is 16.8 Å². The zero-order valence-electron chi connectivity index (χ0n) is 10.2. The first-order valence-electron chi connectivity index (χ1n) is 5.33. The normalized spacial score (nSPS) is 19.3. The van der Waals surface area contributed by atoms with Crippen molar-refractivity contribution in [2.45, 2.75) is 29.9 Å². The maximum absolute atomic E-state index is 13.8. The van der Waals surface area contributed by atoms with E-state index in [2.05, 4.69) is 0 Å². The van der Waals surface area contributed by atoms with Crippen molar-refractivity contribution in [3.63, 3.8) is 0 Å². The van der Waals surface area contributed by atoms with E-state index in [1.54, 1.807) is 0 Å². The summed E-state index contributed by atoms with van der Waals surface area (Å²) in [7, 11) is -10.1. The van der Waals surface area contributed by atoms with Gasteiger partial charge in [0.1, 0.15) is 29.5 Å². The molecule has 3 atom stereocenters. The van der Waals surface area contributed by atoms with E-state index in [1.165, 1.54) is 0 Å². The number of hydrogen-bond donors (Lipinski definition) is 4. The largest absolute Gasteiger partial charge is 0.396 e. The van der Waals surface area contributed by atoms with E-state index < -0.39 is 62.7 Å². The highest BCUT2D eigenvalue weighted by Gasteiger charge is 2.51. The first-order valence-corrected chi connectivity index (χ1v) is 8.44. The van der Waals surface area contributed by atoms with Crippen molar-refractivity contribution in [3.05, 3.63) is 0 Å². The van der Waals surface area contributed by atoms with Gasteiger partial charge in [0.05, 0.1) is 0 Å². The van der Waals surface area contributed by atoms with Crippen molar-refractivity contribution in [1.82, 2.24) is 0 Å². The fourth-order valence-corrected chi connectivity index (χ4v) is 3.28. The Hall–Kier alpha value is -0.400. The summed E-state index contributed by atoms with van der Waals surface area (Å²) in [4.78, 5) is 0. The van der Waals surface area contributed by atoms with Crippen LogP contribution in [-0.4, -0.2) is 72.2 Å². The monoisotopic (exact) mass is 342 g/mol. The summed E-state index contributed by atoms with van der Waals surface area (Å²) in [6.45, 7) is -2.50. The van der Waals surface area contributed by atoms with Gasteiger partial charge in [0, 0.05) is 6.61 Å². The third-order valence-electron chi connectivity index (χ3n) is 2.69. The Balaban J connectivity index is 5.59. The molecule has 0 spiro atoms. The number of alkyl halides is 2. The highest BCUT2D eigenvalue weighted by molar-refractivity contribution is 7.86. The second kappa shape index (κ2) is 7.04. The van der Waals surface area contributed by atoms with Gasteiger partial charge in [-0.15, -0.1) is 0 Å². The maximum atomic E-state index is 13.8. The van der Waals surface area contributed by atoms with Crippen LogP contribution >= 0.6 is 0 Å². The van der Waals surface area contributed by atoms with Crippen LogP contribution in [0.3, 0.4) is 0 Å². The quantitative estimate of drug-likeness (QED) is 0.387. The fraction of sp³-hybridized carbons (Fsp3) is 1.00. The van der Waals surface area contributed by atoms with Crippen LogP contribution in [0, 0.1) is 0 Å². The van der Waals surface area contributed by atoms with Gasteiger partial charge in [0.15, 0.2) is 0 Å². The molecule has 0 aliphatic heterocycles. The van der Waals surface area contributed by atoms with Gasteiger partial charge in [-0.3, -0.25) is 9.11 Å². The Kier molecular flexibility index (Phi) is 6.90. The molecule has 0 aromatic rings. The van der Waals surface area contributed by atoms with Crippen LogP contribution in [0.25, 0.3) is 0 Å². The molecule has 12 heteroatoms. The molecule has 0 heterocycles. The molecule has 0 radical (unpaired) electrons. The van der Waals surface area contributed by atoms with Crippen LogP contribution in [0.15, 0.2) is 0 Å². The van der Waals surface area contributed by atoms with E-state index in [1.807, 2.05) is 0 Å². The van der Waals surface area contributed by atoms with Crippen LogP contribution in [0.2, 0.25) is 0 Å². The van der Waals surface area contributed by atoms with Crippen molar-refractivity contribution >= 4 is 20.2 Å². The van der Waals surface area contributed by atoms with E-state index in [4.69, 9.17) is 14.2 Å². The lowest BCUT2D eigenvalue weighted by Gasteiger charge is -2.35. The predicted molar refractivity (Wildman–Crippen MR) is 63.9 cm³/mol. The van der Waals surface area contributed by atoms with E-state index in [0.717, 1.165) is 0 Å². The van der Waals surface area contributed by atoms with Crippen molar-refractivity contribution in [3.8, 4) is 0 Å². The molecule has 4 N–H and O–H groups in total. The van der Waals surface area contributed by atoms with Crippen molar-refractivity contribution in [2.75, 3.05) is 19.0 Å². The van der Waals surface area contributed by atoms with Crippen LogP contribution < -0.4 is 0 Å². The van der Waals surface area contributed by atoms with Gasteiger partial charge < -0.3 is 10.2 Å². The minimum atomic E-state index is -5.23. The molecule has 0 aromatic heterocycles. The molecule has 3 unspecified atom stereocenters. The van der Waals surface area contributed by atoms with Crippen LogP contribution in [0.1, 0.15) is 12.8 Å². The summed E-state index contributed by atoms with van der Waals surface area (Å²) in [5.74, 6) is -1.68. The Bertz CT molecular complexity index is 505. The second-order valence-electron chi connectivity index (χ2n) is 4.19. The van der Waals surface area contributed by atoms with Gasteiger partial charge >= 0.3 is 0 Å². The highest BCUT2D eigenvalue weighted by Crippen LogP contribution is 2.30. The SMILES string of the molecule is O=S(=O)(O)CC(F)C(O)(CCCO)C(CF)S(=O)(=O)O. The Morgan fingerprint density at radius 1 is 1.15 bits per heavy atom. The van der Waals surface area contributed by atoms with Gasteiger partial charge in [0.25, 0.3) is 20.2 Å². The van der Waals surface area contributed by atoms with E-state index in [0.29, 0.717) is 0 Å². The number of halogens is 2. The average molecular weight is 342 g/mol. The third kappa shape index (κ3) is 5.54. The molecule has 0 amide bonds. The molecule has 0 bridgehead atoms. The number of aliphatic hydroxyl groups excluding tert-OH is 1. The molecule has 20 heavy (non-hydrogen) atoms. The summed E-state index contributed by atoms with van der Waals surface area (Å²) in [5.41, 5.74) is -3.11. The first kappa shape index (κ1) is 19.6. The Labute approximate surface area is 114 Å². The second-order valence-corrected chi connectivity index (χ2v) is 7.29. The highest BCUT2D eigenvalue weighted by atomic mass is 32.2. The number of rotatable bonds is 9. The van der Waals surface area contributed by atoms with Gasteiger partial charge in [-0.05, 0) is 12.8 Å². The Morgan fingerprint density at radius 3 is 1.95 bits per heavy atom. The van der Waals surface area contributed by atoms with Gasteiger partial charge in [-0.1, -0.05) is 0 Å². The summed E-state index contributed by atoms with van der Waals surface area (Å²) in [5, 5.41) is 15.9. The molecule has 0 aliphatic rings. The summed E-state index contributed by atoms with van der Waals surface area (Å²) >= 11 is 0.